The number of carbonyl (C=O) groups is 2. The van der Waals surface area contributed by atoms with E-state index in [1.54, 1.807) is 23.4 Å². The van der Waals surface area contributed by atoms with Gasteiger partial charge in [0.05, 0.1) is 0 Å². The van der Waals surface area contributed by atoms with Crippen LogP contribution < -0.4 is 4.90 Å². The highest BCUT2D eigenvalue weighted by Gasteiger charge is 2.39. The minimum Gasteiger partial charge on any atom is -0.361 e. The highest BCUT2D eigenvalue weighted by molar-refractivity contribution is 5.91. The van der Waals surface area contributed by atoms with Crippen molar-refractivity contribution in [3.63, 3.8) is 0 Å². The highest BCUT2D eigenvalue weighted by Crippen LogP contribution is 2.27. The summed E-state index contributed by atoms with van der Waals surface area (Å²) in [7, 11) is 0. The first-order valence-electron chi connectivity index (χ1n) is 10.4. The quantitative estimate of drug-likeness (QED) is 0.717. The molecule has 8 heteroatoms. The summed E-state index contributed by atoms with van der Waals surface area (Å²) < 4.78 is 0. The minimum absolute atomic E-state index is 0.0503. The van der Waals surface area contributed by atoms with Crippen molar-refractivity contribution in [2.45, 2.75) is 25.4 Å². The summed E-state index contributed by atoms with van der Waals surface area (Å²) in [5.74, 6) is 0.797. The molecule has 2 aromatic heterocycles. The molecule has 5 rings (SSSR count). The number of amides is 2. The molecule has 0 unspecified atom stereocenters. The van der Waals surface area contributed by atoms with E-state index >= 15 is 0 Å². The van der Waals surface area contributed by atoms with Crippen LogP contribution in [0, 0.1) is 0 Å². The molecule has 4 heterocycles. The lowest BCUT2D eigenvalue weighted by molar-refractivity contribution is -0.142. The van der Waals surface area contributed by atoms with Crippen LogP contribution in [0.1, 0.15) is 18.4 Å². The number of anilines is 1. The summed E-state index contributed by atoms with van der Waals surface area (Å²) in [6.07, 6.45) is 6.41. The summed E-state index contributed by atoms with van der Waals surface area (Å²) in [5.41, 5.74) is 2.09. The summed E-state index contributed by atoms with van der Waals surface area (Å²) in [6.45, 7) is 3.07. The van der Waals surface area contributed by atoms with Crippen LogP contribution in [0.4, 0.5) is 5.95 Å². The van der Waals surface area contributed by atoms with E-state index < -0.39 is 0 Å². The SMILES string of the molecule is O=C([C@H]1CCC(=O)N1Cc1c[nH]c2ccccc12)N1CCN(c2ncccn2)CC1. The van der Waals surface area contributed by atoms with Gasteiger partial charge in [-0.15, -0.1) is 0 Å². The van der Waals surface area contributed by atoms with Crippen LogP contribution in [0.5, 0.6) is 0 Å². The number of rotatable bonds is 4. The molecule has 2 saturated heterocycles. The van der Waals surface area contributed by atoms with Crippen LogP contribution in [0.2, 0.25) is 0 Å². The number of nitrogens with one attached hydrogen (secondary N) is 1. The normalized spacial score (nSPS) is 19.7. The first-order valence-corrected chi connectivity index (χ1v) is 10.4. The van der Waals surface area contributed by atoms with Crippen LogP contribution in [-0.4, -0.2) is 68.8 Å². The maximum absolute atomic E-state index is 13.3. The average molecular weight is 404 g/mol. The van der Waals surface area contributed by atoms with Crippen LogP contribution in [0.25, 0.3) is 10.9 Å². The number of para-hydroxylation sites is 1. The Morgan fingerprint density at radius 1 is 1.07 bits per heavy atom. The molecule has 2 aliphatic rings. The van der Waals surface area contributed by atoms with Gasteiger partial charge in [-0.3, -0.25) is 9.59 Å². The summed E-state index contributed by atoms with van der Waals surface area (Å²) in [5, 5.41) is 1.10. The molecule has 0 spiro atoms. The minimum atomic E-state index is -0.384. The molecule has 2 aliphatic heterocycles. The van der Waals surface area contributed by atoms with Gasteiger partial charge in [-0.1, -0.05) is 18.2 Å². The second-order valence-corrected chi connectivity index (χ2v) is 7.80. The van der Waals surface area contributed by atoms with Gasteiger partial charge >= 0.3 is 0 Å². The van der Waals surface area contributed by atoms with E-state index in [1.165, 1.54) is 0 Å². The maximum Gasteiger partial charge on any atom is 0.245 e. The van der Waals surface area contributed by atoms with Crippen LogP contribution in [0.15, 0.2) is 48.9 Å². The van der Waals surface area contributed by atoms with Crippen molar-refractivity contribution in [1.29, 1.82) is 0 Å². The third-order valence-corrected chi connectivity index (χ3v) is 6.06. The van der Waals surface area contributed by atoms with Gasteiger partial charge < -0.3 is 19.7 Å². The largest absolute Gasteiger partial charge is 0.361 e. The lowest BCUT2D eigenvalue weighted by Crippen LogP contribution is -2.54. The fraction of sp³-hybridized carbons (Fsp3) is 0.364. The predicted octanol–water partition coefficient (Wildman–Crippen LogP) is 1.80. The number of hydrogen-bond donors (Lipinski definition) is 1. The lowest BCUT2D eigenvalue weighted by atomic mass is 10.1. The number of aromatic nitrogens is 3. The van der Waals surface area contributed by atoms with Gasteiger partial charge in [0.25, 0.3) is 0 Å². The molecule has 8 nitrogen and oxygen atoms in total. The van der Waals surface area contributed by atoms with Crippen LogP contribution >= 0.6 is 0 Å². The Morgan fingerprint density at radius 2 is 1.83 bits per heavy atom. The van der Waals surface area contributed by atoms with E-state index in [-0.39, 0.29) is 17.9 Å². The fourth-order valence-electron chi connectivity index (χ4n) is 4.43. The van der Waals surface area contributed by atoms with E-state index in [2.05, 4.69) is 19.9 Å². The topological polar surface area (TPSA) is 85.4 Å². The van der Waals surface area contributed by atoms with E-state index in [1.807, 2.05) is 35.4 Å². The summed E-state index contributed by atoms with van der Waals surface area (Å²) >= 11 is 0. The first-order chi connectivity index (χ1) is 14.7. The van der Waals surface area contributed by atoms with Crippen molar-refractivity contribution >= 4 is 28.7 Å². The second-order valence-electron chi connectivity index (χ2n) is 7.80. The van der Waals surface area contributed by atoms with E-state index in [0.717, 1.165) is 16.5 Å². The average Bonchev–Trinajstić information content (AvgIpc) is 3.38. The third-order valence-electron chi connectivity index (χ3n) is 6.06. The molecule has 2 amide bonds. The van der Waals surface area contributed by atoms with Gasteiger partial charge in [0.1, 0.15) is 6.04 Å². The number of likely N-dealkylation sites (tertiary alicyclic amines) is 1. The monoisotopic (exact) mass is 404 g/mol. The van der Waals surface area contributed by atoms with Gasteiger partial charge in [-0.05, 0) is 24.1 Å². The fourth-order valence-corrected chi connectivity index (χ4v) is 4.43. The lowest BCUT2D eigenvalue weighted by Gasteiger charge is -2.37. The predicted molar refractivity (Wildman–Crippen MR) is 113 cm³/mol. The molecule has 1 aromatic carbocycles. The number of H-pyrrole nitrogens is 1. The van der Waals surface area contributed by atoms with Gasteiger partial charge in [0.15, 0.2) is 0 Å². The molecule has 0 bridgehead atoms. The Hall–Kier alpha value is -3.42. The van der Waals surface area contributed by atoms with E-state index in [9.17, 15) is 9.59 Å². The molecule has 2 fully saturated rings. The molecule has 154 valence electrons. The Balaban J connectivity index is 1.27. The zero-order valence-electron chi connectivity index (χ0n) is 16.7. The third kappa shape index (κ3) is 3.38. The van der Waals surface area contributed by atoms with Crippen molar-refractivity contribution in [2.24, 2.45) is 0 Å². The standard InChI is InChI=1S/C22H24N6O2/c29-20-7-6-19(28(20)15-16-14-25-18-5-2-1-4-17(16)18)21(30)26-10-12-27(13-11-26)22-23-8-3-9-24-22/h1-5,8-9,14,19,25H,6-7,10-13,15H2/t19-/m1/s1. The molecule has 1 atom stereocenters. The molecular weight excluding hydrogens is 380 g/mol. The van der Waals surface area contributed by atoms with Crippen LogP contribution in [-0.2, 0) is 16.1 Å². The number of fused-ring (bicyclic) bond motifs is 1. The number of piperazine rings is 1. The molecule has 3 aromatic rings. The van der Waals surface area contributed by atoms with Gasteiger partial charge in [-0.2, -0.15) is 0 Å². The number of nitrogens with zero attached hydrogens (tertiary/aromatic N) is 5. The van der Waals surface area contributed by atoms with Crippen molar-refractivity contribution in [1.82, 2.24) is 24.8 Å². The molecular formula is C22H24N6O2. The van der Waals surface area contributed by atoms with Crippen LogP contribution in [0.3, 0.4) is 0 Å². The van der Waals surface area contributed by atoms with Gasteiger partial charge in [0.2, 0.25) is 17.8 Å². The Morgan fingerprint density at radius 3 is 2.63 bits per heavy atom. The maximum atomic E-state index is 13.3. The smallest absolute Gasteiger partial charge is 0.245 e. The molecule has 1 N–H and O–H groups in total. The zero-order valence-corrected chi connectivity index (χ0v) is 16.7. The molecule has 0 saturated carbocycles. The first kappa shape index (κ1) is 18.6. The number of benzene rings is 1. The number of aromatic amines is 1. The summed E-state index contributed by atoms with van der Waals surface area (Å²) in [6, 6.07) is 9.45. The molecule has 0 aliphatic carbocycles. The van der Waals surface area contributed by atoms with Crippen molar-refractivity contribution < 1.29 is 9.59 Å². The second kappa shape index (κ2) is 7.78. The van der Waals surface area contributed by atoms with E-state index in [4.69, 9.17) is 0 Å². The Kier molecular flexibility index (Phi) is 4.82. The van der Waals surface area contributed by atoms with Crippen molar-refractivity contribution in [3.05, 3.63) is 54.5 Å². The zero-order chi connectivity index (χ0) is 20.5. The van der Waals surface area contributed by atoms with E-state index in [0.29, 0.717) is 51.5 Å². The number of hydrogen-bond acceptors (Lipinski definition) is 5. The van der Waals surface area contributed by atoms with Crippen molar-refractivity contribution in [3.8, 4) is 0 Å². The van der Waals surface area contributed by atoms with Gasteiger partial charge in [-0.25, -0.2) is 9.97 Å². The van der Waals surface area contributed by atoms with Gasteiger partial charge in [0, 0.05) is 68.6 Å². The Labute approximate surface area is 174 Å². The highest BCUT2D eigenvalue weighted by atomic mass is 16.2. The summed E-state index contributed by atoms with van der Waals surface area (Å²) in [4.78, 5) is 43.4. The molecule has 30 heavy (non-hydrogen) atoms. The molecule has 0 radical (unpaired) electrons. The number of carbonyl (C=O) groups excluding carboxylic acids is 2. The Bertz CT molecular complexity index is 1060. The van der Waals surface area contributed by atoms with Crippen molar-refractivity contribution in [2.75, 3.05) is 31.1 Å².